The fourth-order valence-electron chi connectivity index (χ4n) is 1.55. The lowest BCUT2D eigenvalue weighted by atomic mass is 10.1. The van der Waals surface area contributed by atoms with Crippen LogP contribution in [0.1, 0.15) is 12.5 Å². The van der Waals surface area contributed by atoms with Gasteiger partial charge in [-0.1, -0.05) is 6.07 Å². The first-order valence-corrected chi connectivity index (χ1v) is 5.71. The van der Waals surface area contributed by atoms with Gasteiger partial charge in [0, 0.05) is 6.54 Å². The summed E-state index contributed by atoms with van der Waals surface area (Å²) in [5.74, 6) is -1.05. The van der Waals surface area contributed by atoms with E-state index < -0.39 is 17.8 Å². The molecule has 0 aromatic heterocycles. The quantitative estimate of drug-likeness (QED) is 0.842. The lowest BCUT2D eigenvalue weighted by molar-refractivity contribution is -0.142. The van der Waals surface area contributed by atoms with E-state index in [0.717, 1.165) is 5.56 Å². The Morgan fingerprint density at radius 2 is 2.22 bits per heavy atom. The van der Waals surface area contributed by atoms with Crippen LogP contribution in [0.3, 0.4) is 0 Å². The zero-order valence-electron chi connectivity index (χ0n) is 10.8. The van der Waals surface area contributed by atoms with Crippen LogP contribution in [0.5, 0.6) is 5.75 Å². The van der Waals surface area contributed by atoms with E-state index in [1.807, 2.05) is 0 Å². The van der Waals surface area contributed by atoms with Crippen molar-refractivity contribution < 1.29 is 19.0 Å². The predicted molar refractivity (Wildman–Crippen MR) is 66.4 cm³/mol. The first-order chi connectivity index (χ1) is 8.45. The highest BCUT2D eigenvalue weighted by atomic mass is 19.1. The summed E-state index contributed by atoms with van der Waals surface area (Å²) in [5, 5.41) is 8.84. The molecule has 0 spiro atoms. The third-order valence-corrected chi connectivity index (χ3v) is 2.99. The number of carboxylic acids is 1. The number of nitrogens with zero attached hydrogens (tertiary/aromatic N) is 1. The van der Waals surface area contributed by atoms with Crippen molar-refractivity contribution in [2.75, 3.05) is 20.7 Å². The summed E-state index contributed by atoms with van der Waals surface area (Å²) in [6, 6.07) is 4.22. The second-order valence-corrected chi connectivity index (χ2v) is 4.21. The molecule has 0 saturated heterocycles. The number of aliphatic carboxylic acids is 1. The van der Waals surface area contributed by atoms with Crippen LogP contribution in [0.4, 0.5) is 4.39 Å². The summed E-state index contributed by atoms with van der Waals surface area (Å²) in [5.41, 5.74) is 0.817. The van der Waals surface area contributed by atoms with E-state index in [4.69, 9.17) is 9.84 Å². The van der Waals surface area contributed by atoms with Crippen LogP contribution >= 0.6 is 0 Å². The first kappa shape index (κ1) is 14.4. The van der Waals surface area contributed by atoms with Crippen LogP contribution in [0.15, 0.2) is 18.2 Å². The number of rotatable bonds is 6. The number of ether oxygens (including phenoxy) is 1. The third kappa shape index (κ3) is 3.70. The molecule has 0 heterocycles. The van der Waals surface area contributed by atoms with Gasteiger partial charge in [0.25, 0.3) is 0 Å². The Balaban J connectivity index is 2.58. The second kappa shape index (κ2) is 6.35. The maximum Gasteiger partial charge on any atom is 0.320 e. The number of hydrogen-bond acceptors (Lipinski definition) is 3. The van der Waals surface area contributed by atoms with E-state index in [1.165, 1.54) is 13.2 Å². The Hall–Kier alpha value is -1.62. The molecule has 0 aliphatic rings. The zero-order valence-corrected chi connectivity index (χ0v) is 10.8. The van der Waals surface area contributed by atoms with E-state index in [9.17, 15) is 9.18 Å². The average molecular weight is 255 g/mol. The molecule has 1 aromatic carbocycles. The fraction of sp³-hybridized carbons (Fsp3) is 0.462. The topological polar surface area (TPSA) is 49.8 Å². The average Bonchev–Trinajstić information content (AvgIpc) is 2.35. The summed E-state index contributed by atoms with van der Waals surface area (Å²) >= 11 is 0. The Bertz CT molecular complexity index is 423. The molecule has 5 heteroatoms. The first-order valence-electron chi connectivity index (χ1n) is 5.71. The van der Waals surface area contributed by atoms with Crippen LogP contribution in [0, 0.1) is 5.82 Å². The van der Waals surface area contributed by atoms with Gasteiger partial charge in [-0.05, 0) is 38.1 Å². The summed E-state index contributed by atoms with van der Waals surface area (Å²) in [6.45, 7) is 2.18. The number of likely N-dealkylation sites (N-methyl/N-ethyl adjacent to an activating group) is 1. The SMILES string of the molecule is COc1ccc(CCN(C)C(C)C(=O)O)cc1F. The van der Waals surface area contributed by atoms with Gasteiger partial charge in [-0.2, -0.15) is 0 Å². The van der Waals surface area contributed by atoms with Gasteiger partial charge < -0.3 is 9.84 Å². The lowest BCUT2D eigenvalue weighted by Crippen LogP contribution is -2.37. The van der Waals surface area contributed by atoms with Crippen molar-refractivity contribution in [3.8, 4) is 5.75 Å². The van der Waals surface area contributed by atoms with Gasteiger partial charge in [0.1, 0.15) is 6.04 Å². The number of carbonyl (C=O) groups is 1. The molecule has 18 heavy (non-hydrogen) atoms. The molecule has 1 aromatic rings. The Morgan fingerprint density at radius 1 is 1.56 bits per heavy atom. The van der Waals surface area contributed by atoms with Crippen molar-refractivity contribution >= 4 is 5.97 Å². The fourth-order valence-corrected chi connectivity index (χ4v) is 1.55. The van der Waals surface area contributed by atoms with Crippen LogP contribution in [0.25, 0.3) is 0 Å². The minimum absolute atomic E-state index is 0.214. The van der Waals surface area contributed by atoms with Crippen LogP contribution in [-0.2, 0) is 11.2 Å². The molecule has 1 unspecified atom stereocenters. The molecular formula is C13H18FNO3. The highest BCUT2D eigenvalue weighted by Crippen LogP contribution is 2.18. The third-order valence-electron chi connectivity index (χ3n) is 2.99. The van der Waals surface area contributed by atoms with E-state index in [-0.39, 0.29) is 5.75 Å². The van der Waals surface area contributed by atoms with Crippen LogP contribution in [0.2, 0.25) is 0 Å². The van der Waals surface area contributed by atoms with E-state index in [0.29, 0.717) is 13.0 Å². The summed E-state index contributed by atoms with van der Waals surface area (Å²) in [4.78, 5) is 12.5. The predicted octanol–water partition coefficient (Wildman–Crippen LogP) is 1.78. The molecule has 1 N–H and O–H groups in total. The van der Waals surface area contributed by atoms with Crippen LogP contribution in [-0.4, -0.2) is 42.7 Å². The minimum atomic E-state index is -0.863. The number of methoxy groups -OCH3 is 1. The van der Waals surface area contributed by atoms with E-state index in [2.05, 4.69) is 0 Å². The number of hydrogen-bond donors (Lipinski definition) is 1. The number of carboxylic acid groups (broad SMARTS) is 1. The Labute approximate surface area is 106 Å². The minimum Gasteiger partial charge on any atom is -0.494 e. The van der Waals surface area contributed by atoms with Gasteiger partial charge >= 0.3 is 5.97 Å². The molecule has 100 valence electrons. The molecular weight excluding hydrogens is 237 g/mol. The Kier molecular flexibility index (Phi) is 5.09. The molecule has 0 aliphatic heterocycles. The van der Waals surface area contributed by atoms with Crippen molar-refractivity contribution in [3.05, 3.63) is 29.6 Å². The zero-order chi connectivity index (χ0) is 13.7. The Morgan fingerprint density at radius 3 is 2.72 bits per heavy atom. The van der Waals surface area contributed by atoms with Gasteiger partial charge in [0.05, 0.1) is 7.11 Å². The monoisotopic (exact) mass is 255 g/mol. The maximum absolute atomic E-state index is 13.4. The van der Waals surface area contributed by atoms with E-state index in [1.54, 1.807) is 31.0 Å². The smallest absolute Gasteiger partial charge is 0.320 e. The molecule has 0 saturated carbocycles. The largest absolute Gasteiger partial charge is 0.494 e. The number of halogens is 1. The molecule has 0 fully saturated rings. The highest BCUT2D eigenvalue weighted by Gasteiger charge is 2.16. The van der Waals surface area contributed by atoms with Crippen molar-refractivity contribution in [2.45, 2.75) is 19.4 Å². The molecule has 1 rings (SSSR count). The van der Waals surface area contributed by atoms with E-state index >= 15 is 0 Å². The van der Waals surface area contributed by atoms with Crippen molar-refractivity contribution in [1.29, 1.82) is 0 Å². The molecule has 0 aliphatic carbocycles. The molecule has 0 amide bonds. The summed E-state index contributed by atoms with van der Waals surface area (Å²) in [6.07, 6.45) is 0.592. The number of benzene rings is 1. The van der Waals surface area contributed by atoms with Crippen molar-refractivity contribution in [2.24, 2.45) is 0 Å². The second-order valence-electron chi connectivity index (χ2n) is 4.21. The standard InChI is InChI=1S/C13H18FNO3/c1-9(13(16)17)15(2)7-6-10-4-5-12(18-3)11(14)8-10/h4-5,8-9H,6-7H2,1-3H3,(H,16,17). The molecule has 1 atom stereocenters. The molecule has 0 radical (unpaired) electrons. The lowest BCUT2D eigenvalue weighted by Gasteiger charge is -2.20. The summed E-state index contributed by atoms with van der Waals surface area (Å²) < 4.78 is 18.3. The highest BCUT2D eigenvalue weighted by molar-refractivity contribution is 5.72. The van der Waals surface area contributed by atoms with Crippen molar-refractivity contribution in [3.63, 3.8) is 0 Å². The normalized spacial score (nSPS) is 12.5. The van der Waals surface area contributed by atoms with Crippen molar-refractivity contribution in [1.82, 2.24) is 4.90 Å². The van der Waals surface area contributed by atoms with Gasteiger partial charge in [0.2, 0.25) is 0 Å². The van der Waals surface area contributed by atoms with Gasteiger partial charge in [-0.15, -0.1) is 0 Å². The summed E-state index contributed by atoms with van der Waals surface area (Å²) in [7, 11) is 3.15. The molecule has 4 nitrogen and oxygen atoms in total. The van der Waals surface area contributed by atoms with Gasteiger partial charge in [0.15, 0.2) is 11.6 Å². The van der Waals surface area contributed by atoms with Crippen LogP contribution < -0.4 is 4.74 Å². The molecule has 0 bridgehead atoms. The van der Waals surface area contributed by atoms with Gasteiger partial charge in [-0.3, -0.25) is 9.69 Å². The maximum atomic E-state index is 13.4. The van der Waals surface area contributed by atoms with Gasteiger partial charge in [-0.25, -0.2) is 4.39 Å².